The number of amides is 2. The number of para-hydroxylation sites is 1. The van der Waals surface area contributed by atoms with Gasteiger partial charge in [-0.05, 0) is 30.3 Å². The molecular formula is C21H16F3N3O2. The number of carbonyl (C=O) groups is 2. The van der Waals surface area contributed by atoms with Gasteiger partial charge >= 0.3 is 6.18 Å². The molecule has 2 heterocycles. The van der Waals surface area contributed by atoms with E-state index in [-0.39, 0.29) is 30.5 Å². The van der Waals surface area contributed by atoms with Crippen LogP contribution in [0.25, 0.3) is 10.9 Å². The van der Waals surface area contributed by atoms with Gasteiger partial charge in [0.15, 0.2) is 0 Å². The Balaban J connectivity index is 1.53. The van der Waals surface area contributed by atoms with Crippen molar-refractivity contribution in [2.75, 3.05) is 16.8 Å². The topological polar surface area (TPSA) is 62.3 Å². The average Bonchev–Trinajstić information content (AvgIpc) is 3.10. The predicted octanol–water partition coefficient (Wildman–Crippen LogP) is 4.25. The van der Waals surface area contributed by atoms with Crippen molar-refractivity contribution in [3.8, 4) is 0 Å². The maximum Gasteiger partial charge on any atom is 0.416 e. The Hall–Kier alpha value is -3.42. The molecule has 0 unspecified atom stereocenters. The van der Waals surface area contributed by atoms with E-state index in [9.17, 15) is 22.8 Å². The van der Waals surface area contributed by atoms with Crippen molar-refractivity contribution in [2.45, 2.75) is 12.6 Å². The van der Waals surface area contributed by atoms with Crippen LogP contribution in [0.5, 0.6) is 0 Å². The number of halogens is 3. The fourth-order valence-corrected chi connectivity index (χ4v) is 3.42. The second-order valence-corrected chi connectivity index (χ2v) is 6.82. The van der Waals surface area contributed by atoms with E-state index < -0.39 is 17.7 Å². The lowest BCUT2D eigenvalue weighted by Crippen LogP contribution is -2.28. The van der Waals surface area contributed by atoms with E-state index in [1.54, 1.807) is 24.4 Å². The molecule has 0 saturated carbocycles. The molecule has 1 N–H and O–H groups in total. The quantitative estimate of drug-likeness (QED) is 0.717. The van der Waals surface area contributed by atoms with E-state index in [0.29, 0.717) is 11.2 Å². The Morgan fingerprint density at radius 1 is 1.10 bits per heavy atom. The van der Waals surface area contributed by atoms with Crippen molar-refractivity contribution in [1.29, 1.82) is 0 Å². The molecule has 1 aromatic heterocycles. The summed E-state index contributed by atoms with van der Waals surface area (Å²) in [7, 11) is 0. The summed E-state index contributed by atoms with van der Waals surface area (Å²) in [5, 5.41) is 3.65. The van der Waals surface area contributed by atoms with Crippen molar-refractivity contribution in [2.24, 2.45) is 5.92 Å². The minimum absolute atomic E-state index is 0.0180. The van der Waals surface area contributed by atoms with Gasteiger partial charge in [0.05, 0.1) is 22.7 Å². The molecule has 0 bridgehead atoms. The van der Waals surface area contributed by atoms with Gasteiger partial charge < -0.3 is 10.2 Å². The summed E-state index contributed by atoms with van der Waals surface area (Å²) in [5.41, 5.74) is 0.449. The smallest absolute Gasteiger partial charge is 0.324 e. The zero-order valence-electron chi connectivity index (χ0n) is 15.1. The number of hydrogen-bond donors (Lipinski definition) is 1. The number of nitrogens with one attached hydrogen (secondary N) is 1. The molecule has 4 rings (SSSR count). The van der Waals surface area contributed by atoms with Crippen molar-refractivity contribution in [3.63, 3.8) is 0 Å². The summed E-state index contributed by atoms with van der Waals surface area (Å²) >= 11 is 0. The van der Waals surface area contributed by atoms with Crippen LogP contribution >= 0.6 is 0 Å². The zero-order valence-corrected chi connectivity index (χ0v) is 15.1. The second kappa shape index (κ2) is 7.20. The number of hydrogen-bond acceptors (Lipinski definition) is 3. The molecule has 1 aliphatic heterocycles. The summed E-state index contributed by atoms with van der Waals surface area (Å²) in [4.78, 5) is 30.6. The van der Waals surface area contributed by atoms with Crippen LogP contribution in [0.3, 0.4) is 0 Å². The van der Waals surface area contributed by atoms with E-state index in [2.05, 4.69) is 10.3 Å². The Morgan fingerprint density at radius 3 is 2.66 bits per heavy atom. The molecule has 2 amide bonds. The highest BCUT2D eigenvalue weighted by Crippen LogP contribution is 2.33. The highest BCUT2D eigenvalue weighted by Gasteiger charge is 2.37. The van der Waals surface area contributed by atoms with Gasteiger partial charge in [-0.1, -0.05) is 24.3 Å². The maximum atomic E-state index is 13.0. The van der Waals surface area contributed by atoms with Crippen LogP contribution in [0, 0.1) is 5.92 Å². The molecule has 0 spiro atoms. The van der Waals surface area contributed by atoms with Crippen LogP contribution in [0.2, 0.25) is 0 Å². The lowest BCUT2D eigenvalue weighted by atomic mass is 10.1. The SMILES string of the molecule is O=C(Nc1cccc2cccnc12)[C@@H]1CC(=O)N(c2cccc(C(F)(F)F)c2)C1. The molecule has 5 nitrogen and oxygen atoms in total. The maximum absolute atomic E-state index is 13.0. The molecule has 1 fully saturated rings. The van der Waals surface area contributed by atoms with Crippen LogP contribution in [-0.2, 0) is 15.8 Å². The first kappa shape index (κ1) is 18.9. The summed E-state index contributed by atoms with van der Waals surface area (Å²) < 4.78 is 38.9. The minimum atomic E-state index is -4.50. The fraction of sp³-hybridized carbons (Fsp3) is 0.190. The standard InChI is InChI=1S/C21H16F3N3O2/c22-21(23,24)15-6-2-7-16(11-15)27-12-14(10-18(27)28)20(29)26-17-8-1-4-13-5-3-9-25-19(13)17/h1-9,11,14H,10,12H2,(H,26,29)/t14-/m1/s1. The van der Waals surface area contributed by atoms with E-state index in [1.165, 1.54) is 17.0 Å². The van der Waals surface area contributed by atoms with Crippen LogP contribution < -0.4 is 10.2 Å². The molecule has 0 aliphatic carbocycles. The van der Waals surface area contributed by atoms with Gasteiger partial charge in [0.2, 0.25) is 11.8 Å². The first-order valence-corrected chi connectivity index (χ1v) is 8.95. The van der Waals surface area contributed by atoms with Crippen LogP contribution in [0.1, 0.15) is 12.0 Å². The molecule has 1 aliphatic rings. The van der Waals surface area contributed by atoms with Crippen molar-refractivity contribution >= 4 is 34.1 Å². The summed E-state index contributed by atoms with van der Waals surface area (Å²) in [6.45, 7) is 0.0180. The van der Waals surface area contributed by atoms with Gasteiger partial charge in [-0.25, -0.2) is 0 Å². The minimum Gasteiger partial charge on any atom is -0.324 e. The lowest BCUT2D eigenvalue weighted by molar-refractivity contribution is -0.137. The number of alkyl halides is 3. The van der Waals surface area contributed by atoms with E-state index in [0.717, 1.165) is 17.5 Å². The summed E-state index contributed by atoms with van der Waals surface area (Å²) in [5.74, 6) is -1.43. The Kier molecular flexibility index (Phi) is 4.70. The Bertz CT molecular complexity index is 1090. The highest BCUT2D eigenvalue weighted by molar-refractivity contribution is 6.06. The number of anilines is 2. The first-order chi connectivity index (χ1) is 13.8. The van der Waals surface area contributed by atoms with Gasteiger partial charge in [0, 0.05) is 30.2 Å². The van der Waals surface area contributed by atoms with Crippen LogP contribution in [0.15, 0.2) is 60.8 Å². The first-order valence-electron chi connectivity index (χ1n) is 8.95. The number of benzene rings is 2. The molecular weight excluding hydrogens is 383 g/mol. The molecule has 8 heteroatoms. The molecule has 0 radical (unpaired) electrons. The fourth-order valence-electron chi connectivity index (χ4n) is 3.42. The number of aromatic nitrogens is 1. The molecule has 148 valence electrons. The van der Waals surface area contributed by atoms with Gasteiger partial charge in [0.25, 0.3) is 0 Å². The normalized spacial score (nSPS) is 17.0. The van der Waals surface area contributed by atoms with Gasteiger partial charge in [-0.15, -0.1) is 0 Å². The molecule has 1 saturated heterocycles. The van der Waals surface area contributed by atoms with Crippen LogP contribution in [0.4, 0.5) is 24.5 Å². The monoisotopic (exact) mass is 399 g/mol. The van der Waals surface area contributed by atoms with Crippen molar-refractivity contribution in [3.05, 3.63) is 66.4 Å². The number of rotatable bonds is 3. The second-order valence-electron chi connectivity index (χ2n) is 6.82. The third-order valence-corrected chi connectivity index (χ3v) is 4.87. The Morgan fingerprint density at radius 2 is 1.86 bits per heavy atom. The number of fused-ring (bicyclic) bond motifs is 1. The van der Waals surface area contributed by atoms with Crippen LogP contribution in [-0.4, -0.2) is 23.3 Å². The lowest BCUT2D eigenvalue weighted by Gasteiger charge is -2.18. The molecule has 29 heavy (non-hydrogen) atoms. The van der Waals surface area contributed by atoms with Gasteiger partial charge in [0.1, 0.15) is 0 Å². The summed E-state index contributed by atoms with van der Waals surface area (Å²) in [6.07, 6.45) is -2.95. The van der Waals surface area contributed by atoms with Crippen molar-refractivity contribution < 1.29 is 22.8 Å². The van der Waals surface area contributed by atoms with Gasteiger partial charge in [-0.2, -0.15) is 13.2 Å². The third kappa shape index (κ3) is 3.78. The Labute approximate surface area is 164 Å². The molecule has 3 aromatic rings. The number of pyridine rings is 1. The number of nitrogens with zero attached hydrogens (tertiary/aromatic N) is 2. The van der Waals surface area contributed by atoms with E-state index >= 15 is 0 Å². The number of carbonyl (C=O) groups excluding carboxylic acids is 2. The van der Waals surface area contributed by atoms with E-state index in [1.807, 2.05) is 12.1 Å². The summed E-state index contributed by atoms with van der Waals surface area (Å²) in [6, 6.07) is 13.6. The molecule has 1 atom stereocenters. The zero-order chi connectivity index (χ0) is 20.6. The largest absolute Gasteiger partial charge is 0.416 e. The predicted molar refractivity (Wildman–Crippen MR) is 102 cm³/mol. The van der Waals surface area contributed by atoms with Crippen molar-refractivity contribution in [1.82, 2.24) is 4.98 Å². The molecule has 2 aromatic carbocycles. The van der Waals surface area contributed by atoms with E-state index in [4.69, 9.17) is 0 Å². The average molecular weight is 399 g/mol. The highest BCUT2D eigenvalue weighted by atomic mass is 19.4. The van der Waals surface area contributed by atoms with Gasteiger partial charge in [-0.3, -0.25) is 14.6 Å². The third-order valence-electron chi connectivity index (χ3n) is 4.87.